The number of hydrogen-bond acceptors (Lipinski definition) is 4. The molecule has 7 heteroatoms. The van der Waals surface area contributed by atoms with E-state index in [1.165, 1.54) is 0 Å². The molecule has 0 radical (unpaired) electrons. The number of alkyl carbamates (subject to hydrolysis) is 1. The Morgan fingerprint density at radius 1 is 0.810 bits per heavy atom. The molecule has 0 aliphatic heterocycles. The molecule has 3 amide bonds. The van der Waals surface area contributed by atoms with Crippen LogP contribution < -0.4 is 10.6 Å². The van der Waals surface area contributed by atoms with E-state index >= 15 is 0 Å². The summed E-state index contributed by atoms with van der Waals surface area (Å²) in [5, 5.41) is 5.94. The molecule has 0 saturated heterocycles. The number of amides is 3. The summed E-state index contributed by atoms with van der Waals surface area (Å²) >= 11 is 0. The zero-order valence-corrected chi connectivity index (χ0v) is 26.7. The average molecular weight is 580 g/mol. The van der Waals surface area contributed by atoms with Gasteiger partial charge in [0.1, 0.15) is 17.7 Å². The van der Waals surface area contributed by atoms with Gasteiger partial charge in [-0.2, -0.15) is 0 Å². The minimum atomic E-state index is -0.904. The Morgan fingerprint density at radius 2 is 1.45 bits per heavy atom. The van der Waals surface area contributed by atoms with Crippen LogP contribution >= 0.6 is 0 Å². The van der Waals surface area contributed by atoms with E-state index in [-0.39, 0.29) is 18.2 Å². The monoisotopic (exact) mass is 579 g/mol. The van der Waals surface area contributed by atoms with Crippen LogP contribution in [0, 0.1) is 0 Å². The summed E-state index contributed by atoms with van der Waals surface area (Å²) in [6.07, 6.45) is 7.28. The van der Waals surface area contributed by atoms with Crippen molar-refractivity contribution in [2.45, 2.75) is 117 Å². The highest BCUT2D eigenvalue weighted by Crippen LogP contribution is 2.25. The molecule has 7 nitrogen and oxygen atoms in total. The van der Waals surface area contributed by atoms with Gasteiger partial charge < -0.3 is 20.3 Å². The predicted molar refractivity (Wildman–Crippen MR) is 170 cm³/mol. The first kappa shape index (κ1) is 34.8. The van der Waals surface area contributed by atoms with Crippen molar-refractivity contribution in [3.8, 4) is 0 Å². The molecule has 2 rings (SSSR count). The largest absolute Gasteiger partial charge is 0.444 e. The Hall–Kier alpha value is -3.35. The summed E-state index contributed by atoms with van der Waals surface area (Å²) < 4.78 is 5.54. The molecule has 0 heterocycles. The van der Waals surface area contributed by atoms with E-state index in [2.05, 4.69) is 31.4 Å². The average Bonchev–Trinajstić information content (AvgIpc) is 2.96. The number of ether oxygens (including phenoxy) is 1. The number of benzene rings is 2. The first-order valence-electron chi connectivity index (χ1n) is 15.8. The number of rotatable bonds is 17. The number of carbonyl (C=O) groups excluding carboxylic acids is 3. The Labute approximate surface area is 253 Å². The van der Waals surface area contributed by atoms with Gasteiger partial charge in [-0.1, -0.05) is 107 Å². The SMILES string of the molecule is CCCCCCN(C(=O)C(Cc1ccccc1)NC(=O)OC(C)(C)C)C(C(=O)NCCCCC)c1ccc(CC)cc1. The first-order valence-corrected chi connectivity index (χ1v) is 15.8. The second-order valence-electron chi connectivity index (χ2n) is 12.0. The van der Waals surface area contributed by atoms with Crippen LogP contribution in [0.15, 0.2) is 54.6 Å². The normalized spacial score (nSPS) is 12.7. The maximum atomic E-state index is 14.5. The lowest BCUT2D eigenvalue weighted by molar-refractivity contribution is -0.142. The Bertz CT molecular complexity index is 1080. The van der Waals surface area contributed by atoms with Crippen LogP contribution in [0.3, 0.4) is 0 Å². The van der Waals surface area contributed by atoms with Gasteiger partial charge in [0.2, 0.25) is 11.8 Å². The fraction of sp³-hybridized carbons (Fsp3) is 0.571. The van der Waals surface area contributed by atoms with Crippen molar-refractivity contribution in [1.82, 2.24) is 15.5 Å². The molecule has 0 bridgehead atoms. The van der Waals surface area contributed by atoms with E-state index in [0.29, 0.717) is 13.1 Å². The molecule has 42 heavy (non-hydrogen) atoms. The number of nitrogens with one attached hydrogen (secondary N) is 2. The third-order valence-corrected chi connectivity index (χ3v) is 7.15. The zero-order valence-electron chi connectivity index (χ0n) is 26.7. The van der Waals surface area contributed by atoms with E-state index in [1.54, 1.807) is 25.7 Å². The highest BCUT2D eigenvalue weighted by molar-refractivity contribution is 5.92. The van der Waals surface area contributed by atoms with Gasteiger partial charge in [-0.25, -0.2) is 4.79 Å². The lowest BCUT2D eigenvalue weighted by atomic mass is 9.98. The van der Waals surface area contributed by atoms with Gasteiger partial charge in [0.05, 0.1) is 0 Å². The molecule has 2 N–H and O–H groups in total. The molecule has 2 unspecified atom stereocenters. The second kappa shape index (κ2) is 18.2. The third kappa shape index (κ3) is 12.3. The van der Waals surface area contributed by atoms with Crippen molar-refractivity contribution in [1.29, 1.82) is 0 Å². The molecule has 0 aromatic heterocycles. The maximum Gasteiger partial charge on any atom is 0.408 e. The minimum Gasteiger partial charge on any atom is -0.444 e. The Morgan fingerprint density at radius 3 is 2.05 bits per heavy atom. The quantitative estimate of drug-likeness (QED) is 0.195. The van der Waals surface area contributed by atoms with Crippen LogP contribution in [0.25, 0.3) is 0 Å². The fourth-order valence-electron chi connectivity index (χ4n) is 4.87. The standard InChI is InChI=1S/C35H53N3O4/c1-7-10-12-17-25-38(31(32(39)36-24-16-11-8-2)29-22-20-27(9-3)21-23-29)33(40)30(26-28-18-14-13-15-19-28)37-34(41)42-35(4,5)6/h13-15,18-23,30-31H,7-12,16-17,24-26H2,1-6H3,(H,36,39)(H,37,41). The van der Waals surface area contributed by atoms with Crippen LogP contribution in [-0.4, -0.2) is 47.5 Å². The molecule has 0 spiro atoms. The summed E-state index contributed by atoms with van der Waals surface area (Å²) in [7, 11) is 0. The topological polar surface area (TPSA) is 87.7 Å². The van der Waals surface area contributed by atoms with Crippen molar-refractivity contribution in [3.05, 3.63) is 71.3 Å². The van der Waals surface area contributed by atoms with Crippen molar-refractivity contribution < 1.29 is 19.1 Å². The molecule has 0 aliphatic carbocycles. The summed E-state index contributed by atoms with van der Waals surface area (Å²) in [5.74, 6) is -0.496. The molecule has 0 aliphatic rings. The van der Waals surface area contributed by atoms with Crippen LogP contribution in [0.5, 0.6) is 0 Å². The van der Waals surface area contributed by atoms with Crippen LogP contribution in [0.4, 0.5) is 4.79 Å². The number of hydrogen-bond donors (Lipinski definition) is 2. The number of carbonyl (C=O) groups is 3. The van der Waals surface area contributed by atoms with Gasteiger partial charge >= 0.3 is 6.09 Å². The van der Waals surface area contributed by atoms with Crippen LogP contribution in [-0.2, 0) is 27.2 Å². The van der Waals surface area contributed by atoms with Gasteiger partial charge in [-0.15, -0.1) is 0 Å². The number of nitrogens with zero attached hydrogens (tertiary/aromatic N) is 1. The fourth-order valence-corrected chi connectivity index (χ4v) is 4.87. The summed E-state index contributed by atoms with van der Waals surface area (Å²) in [6.45, 7) is 12.7. The molecule has 2 atom stereocenters. The molecule has 2 aromatic rings. The van der Waals surface area contributed by atoms with Crippen LogP contribution in [0.2, 0.25) is 0 Å². The lowest BCUT2D eigenvalue weighted by Crippen LogP contribution is -2.54. The van der Waals surface area contributed by atoms with Gasteiger partial charge in [-0.05, 0) is 56.7 Å². The number of unbranched alkanes of at least 4 members (excludes halogenated alkanes) is 5. The van der Waals surface area contributed by atoms with Crippen molar-refractivity contribution in [2.24, 2.45) is 0 Å². The van der Waals surface area contributed by atoms with Gasteiger partial charge in [0.15, 0.2) is 0 Å². The minimum absolute atomic E-state index is 0.199. The maximum absolute atomic E-state index is 14.5. The lowest BCUT2D eigenvalue weighted by Gasteiger charge is -2.35. The Kier molecular flexibility index (Phi) is 15.1. The van der Waals surface area contributed by atoms with E-state index in [1.807, 2.05) is 54.6 Å². The highest BCUT2D eigenvalue weighted by atomic mass is 16.6. The summed E-state index contributed by atoms with van der Waals surface area (Å²) in [5.41, 5.74) is 2.12. The van der Waals surface area contributed by atoms with E-state index < -0.39 is 23.8 Å². The van der Waals surface area contributed by atoms with Gasteiger partial charge in [0.25, 0.3) is 0 Å². The second-order valence-corrected chi connectivity index (χ2v) is 12.0. The van der Waals surface area contributed by atoms with Gasteiger partial charge in [-0.3, -0.25) is 9.59 Å². The molecular formula is C35H53N3O4. The molecule has 2 aromatic carbocycles. The first-order chi connectivity index (χ1) is 20.1. The van der Waals surface area contributed by atoms with Crippen molar-refractivity contribution in [2.75, 3.05) is 13.1 Å². The molecular weight excluding hydrogens is 526 g/mol. The van der Waals surface area contributed by atoms with E-state index in [4.69, 9.17) is 4.74 Å². The molecule has 0 saturated carbocycles. The van der Waals surface area contributed by atoms with Crippen molar-refractivity contribution in [3.63, 3.8) is 0 Å². The Balaban J connectivity index is 2.51. The highest BCUT2D eigenvalue weighted by Gasteiger charge is 2.36. The predicted octanol–water partition coefficient (Wildman–Crippen LogP) is 7.14. The van der Waals surface area contributed by atoms with E-state index in [0.717, 1.165) is 68.1 Å². The number of aryl methyl sites for hydroxylation is 1. The smallest absolute Gasteiger partial charge is 0.408 e. The van der Waals surface area contributed by atoms with Gasteiger partial charge in [0, 0.05) is 19.5 Å². The molecule has 232 valence electrons. The van der Waals surface area contributed by atoms with Crippen molar-refractivity contribution >= 4 is 17.9 Å². The zero-order chi connectivity index (χ0) is 31.0. The van der Waals surface area contributed by atoms with Crippen LogP contribution in [0.1, 0.15) is 109 Å². The summed E-state index contributed by atoms with van der Waals surface area (Å²) in [6, 6.07) is 15.8. The third-order valence-electron chi connectivity index (χ3n) is 7.15. The summed E-state index contributed by atoms with van der Waals surface area (Å²) in [4.78, 5) is 43.0. The molecule has 0 fully saturated rings. The van der Waals surface area contributed by atoms with E-state index in [9.17, 15) is 14.4 Å².